The third-order valence-corrected chi connectivity index (χ3v) is 9.80. The monoisotopic (exact) mass is 588 g/mol. The molecule has 0 amide bonds. The van der Waals surface area contributed by atoms with Gasteiger partial charge in [-0.15, -0.1) is 0 Å². The zero-order valence-electron chi connectivity index (χ0n) is 21.6. The van der Waals surface area contributed by atoms with Crippen LogP contribution in [0.4, 0.5) is 23.4 Å². The van der Waals surface area contributed by atoms with Crippen LogP contribution in [0.3, 0.4) is 0 Å². The molecular weight excluding hydrogens is 560 g/mol. The minimum atomic E-state index is -4.65. The Bertz CT molecular complexity index is 1440. The maximum Gasteiger partial charge on any atom is 0.416 e. The number of hydrogen-bond acceptors (Lipinski definition) is 6. The van der Waals surface area contributed by atoms with Crippen molar-refractivity contribution >= 4 is 39.2 Å². The number of anilines is 1. The number of halogens is 5. The largest absolute Gasteiger partial charge is 0.416 e. The zero-order valence-corrected chi connectivity index (χ0v) is 23.2. The molecule has 2 aliphatic heterocycles. The van der Waals surface area contributed by atoms with Crippen LogP contribution in [-0.2, 0) is 22.2 Å². The Morgan fingerprint density at radius 3 is 2.51 bits per heavy atom. The number of nitrogens with one attached hydrogen (secondary N) is 1. The molecule has 0 radical (unpaired) electrons. The molecule has 4 atom stereocenters. The first kappa shape index (κ1) is 28.2. The Morgan fingerprint density at radius 2 is 1.87 bits per heavy atom. The smallest absolute Gasteiger partial charge is 0.359 e. The van der Waals surface area contributed by atoms with Crippen LogP contribution in [0, 0.1) is 5.82 Å². The van der Waals surface area contributed by atoms with Crippen molar-refractivity contribution in [2.45, 2.75) is 54.5 Å². The number of hydrogen-bond donors (Lipinski definition) is 2. The fraction of sp³-hybridized carbons (Fsp3) is 0.462. The van der Waals surface area contributed by atoms with E-state index in [2.05, 4.69) is 10.3 Å². The fourth-order valence-electron chi connectivity index (χ4n) is 5.39. The number of rotatable bonds is 5. The fourth-order valence-corrected chi connectivity index (χ4v) is 8.29. The Balaban J connectivity index is 1.82. The Labute approximate surface area is 230 Å². The van der Waals surface area contributed by atoms with Crippen molar-refractivity contribution in [3.63, 3.8) is 0 Å². The van der Waals surface area contributed by atoms with E-state index in [4.69, 9.17) is 21.1 Å². The van der Waals surface area contributed by atoms with Gasteiger partial charge in [0.1, 0.15) is 18.4 Å². The maximum absolute atomic E-state index is 14.3. The number of aromatic nitrogens is 2. The number of piperazine rings is 1. The van der Waals surface area contributed by atoms with Gasteiger partial charge in [-0.3, -0.25) is 4.57 Å². The molecule has 13 heteroatoms. The summed E-state index contributed by atoms with van der Waals surface area (Å²) in [4.78, 5) is 20.6. The summed E-state index contributed by atoms with van der Waals surface area (Å²) in [5.74, 6) is -0.131. The predicted octanol–water partition coefficient (Wildman–Crippen LogP) is 4.82. The molecule has 1 N–H and O–H groups in total. The van der Waals surface area contributed by atoms with Crippen LogP contribution in [0.5, 0.6) is 0 Å². The highest BCUT2D eigenvalue weighted by Crippen LogP contribution is 2.52. The molecule has 0 saturated carbocycles. The van der Waals surface area contributed by atoms with E-state index < -0.39 is 40.2 Å². The van der Waals surface area contributed by atoms with Gasteiger partial charge >= 0.3 is 11.9 Å². The van der Waals surface area contributed by atoms with Gasteiger partial charge in [0.25, 0.3) is 0 Å². The highest BCUT2D eigenvalue weighted by Gasteiger charge is 2.36. The molecule has 1 aromatic heterocycles. The Hall–Kier alpha value is -2.38. The average molecular weight is 589 g/mol. The van der Waals surface area contributed by atoms with E-state index in [1.807, 2.05) is 18.7 Å². The molecule has 7 nitrogen and oxygen atoms in total. The lowest BCUT2D eigenvalue weighted by Gasteiger charge is -2.37. The molecular formula is C26H29ClF4N4O3S. The first-order valence-corrected chi connectivity index (χ1v) is 14.4. The van der Waals surface area contributed by atoms with Crippen molar-refractivity contribution in [1.82, 2.24) is 14.9 Å². The van der Waals surface area contributed by atoms with Crippen molar-refractivity contribution in [2.75, 3.05) is 37.6 Å². The summed E-state index contributed by atoms with van der Waals surface area (Å²) >= 11 is 6.11. The summed E-state index contributed by atoms with van der Waals surface area (Å²) < 4.78 is 69.3. The second-order valence-electron chi connectivity index (χ2n) is 10.00. The summed E-state index contributed by atoms with van der Waals surface area (Å²) in [7, 11) is -0.0983. The van der Waals surface area contributed by atoms with E-state index in [9.17, 15) is 22.4 Å². The molecule has 3 heterocycles. The molecule has 212 valence electrons. The van der Waals surface area contributed by atoms with Crippen LogP contribution >= 0.6 is 22.5 Å². The zero-order chi connectivity index (χ0) is 28.1. The van der Waals surface area contributed by atoms with E-state index in [0.717, 1.165) is 12.1 Å². The summed E-state index contributed by atoms with van der Waals surface area (Å²) in [6.45, 7) is 4.91. The summed E-state index contributed by atoms with van der Waals surface area (Å²) in [6, 6.07) is 6.44. The highest BCUT2D eigenvalue weighted by atomic mass is 35.5. The van der Waals surface area contributed by atoms with Gasteiger partial charge in [0.05, 0.1) is 28.8 Å². The second kappa shape index (κ2) is 10.9. The van der Waals surface area contributed by atoms with Crippen molar-refractivity contribution < 1.29 is 27.0 Å². The summed E-state index contributed by atoms with van der Waals surface area (Å²) in [5.41, 5.74) is -1.03. The number of alkyl halides is 3. The highest BCUT2D eigenvalue weighted by molar-refractivity contribution is 8.17. The quantitative estimate of drug-likeness (QED) is 0.253. The van der Waals surface area contributed by atoms with Gasteiger partial charge in [0.15, 0.2) is 0 Å². The Morgan fingerprint density at radius 1 is 1.15 bits per heavy atom. The van der Waals surface area contributed by atoms with Gasteiger partial charge in [-0.05, 0) is 49.1 Å². The van der Waals surface area contributed by atoms with Crippen molar-refractivity contribution in [3.8, 4) is 0 Å². The minimum Gasteiger partial charge on any atom is -0.359 e. The molecule has 2 aromatic carbocycles. The summed E-state index contributed by atoms with van der Waals surface area (Å²) in [6.07, 6.45) is -5.22. The minimum absolute atomic E-state index is 0.0410. The van der Waals surface area contributed by atoms with Crippen molar-refractivity contribution in [2.24, 2.45) is 0 Å². The summed E-state index contributed by atoms with van der Waals surface area (Å²) in [5, 5.41) is 3.51. The number of nitrogens with zero attached hydrogens (tertiary/aromatic N) is 3. The standard InChI is InChI=1S/C26H29ClF4N4O3S/c1-14-9-34(10-15(2)32-14)24-19-6-16(26(29,30)31)7-22-23(19)35(25(36)33-24)11-17(38-13-37-3)12-39(22)18-4-5-21(28)20(27)8-18/h4-8,14-15,17,32,39H,9-13H2,1-3H3/t14-,15+,17-/m1/s1. The maximum atomic E-state index is 14.3. The van der Waals surface area contributed by atoms with E-state index >= 15 is 0 Å². The third kappa shape index (κ3) is 5.62. The lowest BCUT2D eigenvalue weighted by molar-refractivity contribution is -0.137. The van der Waals surface area contributed by atoms with E-state index in [0.29, 0.717) is 28.4 Å². The van der Waals surface area contributed by atoms with E-state index in [1.54, 1.807) is 0 Å². The third-order valence-electron chi connectivity index (χ3n) is 6.92. The van der Waals surface area contributed by atoms with E-state index in [-0.39, 0.29) is 47.4 Å². The molecule has 2 aliphatic rings. The lowest BCUT2D eigenvalue weighted by Crippen LogP contribution is -2.55. The normalized spacial score (nSPS) is 24.7. The van der Waals surface area contributed by atoms with Gasteiger partial charge in [0.2, 0.25) is 0 Å². The first-order valence-electron chi connectivity index (χ1n) is 12.5. The van der Waals surface area contributed by atoms with Crippen LogP contribution in [0.1, 0.15) is 19.4 Å². The molecule has 3 aromatic rings. The molecule has 1 unspecified atom stereocenters. The number of benzene rings is 2. The van der Waals surface area contributed by atoms with Crippen LogP contribution in [0.25, 0.3) is 10.9 Å². The SMILES string of the molecule is COCO[C@@H]1Cn2c(=O)nc(N3C[C@@H](C)N[C@@H](C)C3)c3cc(C(F)(F)F)cc(c32)[SH](c2ccc(F)c(Cl)c2)C1. The van der Waals surface area contributed by atoms with Crippen LogP contribution in [0.2, 0.25) is 5.02 Å². The van der Waals surface area contributed by atoms with Gasteiger partial charge in [-0.2, -0.15) is 29.1 Å². The second-order valence-corrected chi connectivity index (χ2v) is 12.6. The Kier molecular flexibility index (Phi) is 7.86. The average Bonchev–Trinajstić information content (AvgIpc) is 3.03. The number of thiol groups is 1. The number of ether oxygens (including phenoxy) is 2. The predicted molar refractivity (Wildman–Crippen MR) is 144 cm³/mol. The van der Waals surface area contributed by atoms with Crippen LogP contribution in [0.15, 0.2) is 44.9 Å². The molecule has 0 aliphatic carbocycles. The molecule has 1 fully saturated rings. The van der Waals surface area contributed by atoms with Crippen LogP contribution < -0.4 is 15.9 Å². The van der Waals surface area contributed by atoms with Crippen molar-refractivity contribution in [3.05, 3.63) is 57.2 Å². The van der Waals surface area contributed by atoms with Crippen LogP contribution in [-0.4, -0.2) is 60.5 Å². The van der Waals surface area contributed by atoms with E-state index in [1.165, 1.54) is 29.9 Å². The number of methoxy groups -OCH3 is 1. The molecule has 1 saturated heterocycles. The molecule has 0 spiro atoms. The van der Waals surface area contributed by atoms with Gasteiger partial charge in [-0.25, -0.2) is 9.18 Å². The van der Waals surface area contributed by atoms with Gasteiger partial charge in [0, 0.05) is 48.3 Å². The first-order chi connectivity index (χ1) is 18.5. The molecule has 39 heavy (non-hydrogen) atoms. The van der Waals surface area contributed by atoms with Crippen molar-refractivity contribution in [1.29, 1.82) is 0 Å². The molecule has 0 bridgehead atoms. The van der Waals surface area contributed by atoms with Gasteiger partial charge in [-0.1, -0.05) is 11.6 Å². The topological polar surface area (TPSA) is 68.6 Å². The lowest BCUT2D eigenvalue weighted by atomic mass is 10.1. The van der Waals surface area contributed by atoms with Gasteiger partial charge < -0.3 is 19.7 Å². The molecule has 5 rings (SSSR count).